The number of methoxy groups -OCH3 is 3. The van der Waals surface area contributed by atoms with Crippen molar-refractivity contribution in [2.45, 2.75) is 32.1 Å². The zero-order valence-corrected chi connectivity index (χ0v) is 21.7. The highest BCUT2D eigenvalue weighted by molar-refractivity contribution is 7.46. The number of ether oxygens (including phenoxy) is 4. The van der Waals surface area contributed by atoms with Gasteiger partial charge in [0.2, 0.25) is 5.75 Å². The lowest BCUT2D eigenvalue weighted by Gasteiger charge is -2.37. The first-order valence-corrected chi connectivity index (χ1v) is 12.3. The number of hydrogen-bond acceptors (Lipinski definition) is 10. The summed E-state index contributed by atoms with van der Waals surface area (Å²) in [7, 11) is -2.23. The Morgan fingerprint density at radius 3 is 2.45 bits per heavy atom. The number of carbonyl (C=O) groups is 1. The van der Waals surface area contributed by atoms with Gasteiger partial charge in [0.05, 0.1) is 42.8 Å². The van der Waals surface area contributed by atoms with Gasteiger partial charge in [-0.2, -0.15) is 0 Å². The SMILES string of the molecule is [2H]c1nc(Cc2c([2H])c(OC)c(OC)c(OC)c2[2H])nc(Cc2nc3c(c([2H])c2[2H])OC(C([2H])([2H])[2H])(C([2H])([2H])[2H])C(=O)N3C([2H])([2H])OP(=O)(O)O)c1F. The van der Waals surface area contributed by atoms with E-state index in [0.717, 1.165) is 0 Å². The van der Waals surface area contributed by atoms with Crippen LogP contribution in [0, 0.1) is 5.82 Å². The van der Waals surface area contributed by atoms with Gasteiger partial charge in [0, 0.05) is 26.8 Å². The van der Waals surface area contributed by atoms with Crippen molar-refractivity contribution < 1.29 is 64.8 Å². The lowest BCUT2D eigenvalue weighted by molar-refractivity contribution is -0.133. The molecule has 2 N–H and O–H groups in total. The molecule has 0 saturated heterocycles. The predicted molar refractivity (Wildman–Crippen MR) is 138 cm³/mol. The highest BCUT2D eigenvalue weighted by Gasteiger charge is 2.42. The third-order valence-corrected chi connectivity index (χ3v) is 5.33. The maximum absolute atomic E-state index is 15.4. The second kappa shape index (κ2) is 11.3. The van der Waals surface area contributed by atoms with Crippen molar-refractivity contribution in [2.75, 3.05) is 32.9 Å². The fraction of sp³-hybridized carbons (Fsp3) is 0.360. The third kappa shape index (κ3) is 6.31. The van der Waals surface area contributed by atoms with E-state index in [9.17, 15) is 19.1 Å². The number of anilines is 1. The Hall–Kier alpha value is -3.84. The number of aromatic nitrogens is 3. The predicted octanol–water partition coefficient (Wildman–Crippen LogP) is 2.79. The molecule has 15 heteroatoms. The molecule has 0 saturated carbocycles. The van der Waals surface area contributed by atoms with E-state index in [1.165, 1.54) is 21.3 Å². The van der Waals surface area contributed by atoms with Crippen LogP contribution in [0.5, 0.6) is 23.0 Å². The van der Waals surface area contributed by atoms with E-state index in [4.69, 9.17) is 36.8 Å². The number of pyridine rings is 1. The summed E-state index contributed by atoms with van der Waals surface area (Å²) in [5, 5.41) is 0. The van der Waals surface area contributed by atoms with E-state index in [1.807, 2.05) is 0 Å². The lowest BCUT2D eigenvalue weighted by Crippen LogP contribution is -2.53. The van der Waals surface area contributed by atoms with E-state index in [0.29, 0.717) is 0 Å². The average molecular weight is 592 g/mol. The Morgan fingerprint density at radius 1 is 1.15 bits per heavy atom. The number of phosphoric ester groups is 1. The summed E-state index contributed by atoms with van der Waals surface area (Å²) in [5.41, 5.74) is -5.62. The smallest absolute Gasteiger partial charge is 0.471 e. The summed E-state index contributed by atoms with van der Waals surface area (Å²) in [6, 6.07) is -3.01. The Labute approximate surface area is 247 Å². The highest BCUT2D eigenvalue weighted by Crippen LogP contribution is 2.41. The van der Waals surface area contributed by atoms with E-state index in [-0.39, 0.29) is 40.7 Å². The molecule has 0 aliphatic carbocycles. The molecule has 4 rings (SSSR count). The number of rotatable bonds is 10. The minimum absolute atomic E-state index is 0.0784. The number of benzene rings is 1. The van der Waals surface area contributed by atoms with Gasteiger partial charge >= 0.3 is 7.82 Å². The molecule has 3 heterocycles. The fourth-order valence-corrected chi connectivity index (χ4v) is 3.52. The molecule has 3 aromatic rings. The molecule has 0 spiro atoms. The van der Waals surface area contributed by atoms with Gasteiger partial charge in [0.1, 0.15) is 12.5 Å². The zero-order chi connectivity index (χ0) is 40.4. The number of fused-ring (bicyclic) bond motifs is 1. The lowest BCUT2D eigenvalue weighted by atomic mass is 10.1. The standard InChI is InChI=1S/C25H28FN4O9P/c1-25(2)24(31)30(13-38-40(32,33)34)23-18(39-25)7-6-15(28-23)11-17-16(26)12-27-21(29-17)10-14-8-19(35-3)22(37-5)20(9-14)36-4/h6-9,12H,10-11,13H2,1-5H3,(H2,32,33,34)/i1D3,2D3,6D,7D,8D,9D,12D,13D2. The third-order valence-electron chi connectivity index (χ3n) is 5.01. The van der Waals surface area contributed by atoms with Crippen molar-refractivity contribution in [1.29, 1.82) is 0 Å². The van der Waals surface area contributed by atoms with Crippen LogP contribution in [0.3, 0.4) is 0 Å². The minimum Gasteiger partial charge on any atom is -0.493 e. The molecule has 0 fully saturated rings. The van der Waals surface area contributed by atoms with Crippen molar-refractivity contribution in [3.05, 3.63) is 58.9 Å². The number of carbonyl (C=O) groups excluding carboxylic acids is 1. The van der Waals surface area contributed by atoms with Gasteiger partial charge in [0.15, 0.2) is 34.5 Å². The molecule has 1 aliphatic rings. The second-order valence-corrected chi connectivity index (χ2v) is 8.92. The molecule has 0 unspecified atom stereocenters. The summed E-state index contributed by atoms with van der Waals surface area (Å²) >= 11 is 0. The van der Waals surface area contributed by atoms with E-state index in [2.05, 4.69) is 19.5 Å². The highest BCUT2D eigenvalue weighted by atomic mass is 31.2. The molecule has 40 heavy (non-hydrogen) atoms. The summed E-state index contributed by atoms with van der Waals surface area (Å²) < 4.78 is 158. The van der Waals surface area contributed by atoms with Crippen molar-refractivity contribution >= 4 is 19.5 Å². The van der Waals surface area contributed by atoms with Crippen LogP contribution in [0.2, 0.25) is 0 Å². The van der Waals surface area contributed by atoms with Crippen LogP contribution in [-0.2, 0) is 26.7 Å². The molecule has 1 aliphatic heterocycles. The molecular weight excluding hydrogens is 550 g/mol. The van der Waals surface area contributed by atoms with E-state index < -0.39 is 104 Å². The first-order chi connectivity index (χ1) is 24.2. The second-order valence-electron chi connectivity index (χ2n) is 7.75. The Morgan fingerprint density at radius 2 is 1.85 bits per heavy atom. The first kappa shape index (κ1) is 16.4. The van der Waals surface area contributed by atoms with Crippen molar-refractivity contribution in [3.63, 3.8) is 0 Å². The summed E-state index contributed by atoms with van der Waals surface area (Å²) in [5.74, 6) is -7.04. The van der Waals surface area contributed by atoms with Crippen LogP contribution in [0.15, 0.2) is 30.3 Å². The molecule has 13 nitrogen and oxygen atoms in total. The molecule has 1 amide bonds. The number of nitrogens with zero attached hydrogens (tertiary/aromatic N) is 4. The van der Waals surface area contributed by atoms with Gasteiger partial charge in [-0.25, -0.2) is 23.9 Å². The van der Waals surface area contributed by atoms with Gasteiger partial charge in [-0.3, -0.25) is 14.2 Å². The molecule has 0 radical (unpaired) electrons. The Kier molecular flexibility index (Phi) is 4.66. The Balaban J connectivity index is 1.94. The van der Waals surface area contributed by atoms with Crippen molar-refractivity contribution in [2.24, 2.45) is 0 Å². The van der Waals surface area contributed by atoms with Crippen LogP contribution >= 0.6 is 7.82 Å². The van der Waals surface area contributed by atoms with Crippen molar-refractivity contribution in [3.8, 4) is 23.0 Å². The Bertz CT molecular complexity index is 1990. The normalized spacial score (nSPS) is 20.1. The monoisotopic (exact) mass is 591 g/mol. The molecule has 214 valence electrons. The van der Waals surface area contributed by atoms with Crippen LogP contribution in [0.1, 0.15) is 54.3 Å². The van der Waals surface area contributed by atoms with Gasteiger partial charge in [0.25, 0.3) is 5.91 Å². The summed E-state index contributed by atoms with van der Waals surface area (Å²) in [6.45, 7) is -12.1. The maximum atomic E-state index is 15.4. The summed E-state index contributed by atoms with van der Waals surface area (Å²) in [4.78, 5) is 43.7. The van der Waals surface area contributed by atoms with Crippen LogP contribution in [0.25, 0.3) is 0 Å². The van der Waals surface area contributed by atoms with Gasteiger partial charge in [-0.1, -0.05) is 0 Å². The van der Waals surface area contributed by atoms with E-state index >= 15 is 4.39 Å². The van der Waals surface area contributed by atoms with Gasteiger partial charge in [-0.15, -0.1) is 0 Å². The minimum atomic E-state index is -5.91. The van der Waals surface area contributed by atoms with E-state index in [1.54, 1.807) is 0 Å². The molecule has 1 aromatic carbocycles. The fourth-order valence-electron chi connectivity index (χ4n) is 3.33. The molecule has 0 bridgehead atoms. The average Bonchev–Trinajstić information content (AvgIpc) is 3.01. The quantitative estimate of drug-likeness (QED) is 0.332. The van der Waals surface area contributed by atoms with Crippen LogP contribution in [0.4, 0.5) is 10.2 Å². The molecule has 0 atom stereocenters. The van der Waals surface area contributed by atoms with Crippen LogP contribution < -0.4 is 23.8 Å². The summed E-state index contributed by atoms with van der Waals surface area (Å²) in [6.07, 6.45) is -2.50. The number of amides is 1. The zero-order valence-electron chi connectivity index (χ0n) is 33.8. The van der Waals surface area contributed by atoms with Gasteiger partial charge in [-0.05, 0) is 43.4 Å². The molecule has 2 aromatic heterocycles. The number of phosphoric acid groups is 1. The largest absolute Gasteiger partial charge is 0.493 e. The van der Waals surface area contributed by atoms with Crippen molar-refractivity contribution in [1.82, 2.24) is 15.0 Å². The topological polar surface area (TPSA) is 163 Å². The number of halogens is 1. The number of hydrogen-bond donors (Lipinski definition) is 2. The van der Waals surface area contributed by atoms with Gasteiger partial charge < -0.3 is 28.7 Å². The molecular formula is C25H28FN4O9P. The first-order valence-electron chi connectivity index (χ1n) is 17.3. The van der Waals surface area contributed by atoms with Crippen LogP contribution in [-0.4, -0.2) is 64.3 Å². The maximum Gasteiger partial charge on any atom is 0.471 e.